The SMILES string of the molecule is Cc1ccc(S(=O)(=O)N2CCCCC2)cc1C(=O)N1CCN(c2ccccc2O)CC1. The van der Waals surface area contributed by atoms with Crippen molar-refractivity contribution in [3.63, 3.8) is 0 Å². The third kappa shape index (κ3) is 4.41. The van der Waals surface area contributed by atoms with Crippen LogP contribution in [0.2, 0.25) is 0 Å². The molecule has 0 spiro atoms. The molecule has 4 rings (SSSR count). The maximum absolute atomic E-state index is 13.2. The van der Waals surface area contributed by atoms with Gasteiger partial charge in [-0.2, -0.15) is 4.31 Å². The number of piperidine rings is 1. The van der Waals surface area contributed by atoms with E-state index in [0.29, 0.717) is 44.8 Å². The van der Waals surface area contributed by atoms with Crippen LogP contribution in [0.15, 0.2) is 47.4 Å². The summed E-state index contributed by atoms with van der Waals surface area (Å²) in [5.41, 5.74) is 1.97. The number of carbonyl (C=O) groups is 1. The summed E-state index contributed by atoms with van der Waals surface area (Å²) in [6.45, 7) is 5.14. The van der Waals surface area contributed by atoms with Crippen molar-refractivity contribution < 1.29 is 18.3 Å². The third-order valence-corrected chi connectivity index (χ3v) is 8.08. The molecule has 2 aromatic carbocycles. The molecule has 2 aliphatic heterocycles. The lowest BCUT2D eigenvalue weighted by molar-refractivity contribution is 0.0745. The number of hydrogen-bond acceptors (Lipinski definition) is 5. The van der Waals surface area contributed by atoms with Crippen molar-refractivity contribution in [1.82, 2.24) is 9.21 Å². The number of amides is 1. The van der Waals surface area contributed by atoms with E-state index in [2.05, 4.69) is 4.90 Å². The smallest absolute Gasteiger partial charge is 0.254 e. The lowest BCUT2D eigenvalue weighted by Crippen LogP contribution is -2.49. The summed E-state index contributed by atoms with van der Waals surface area (Å²) < 4.78 is 27.6. The van der Waals surface area contributed by atoms with Crippen molar-refractivity contribution in [1.29, 1.82) is 0 Å². The summed E-state index contributed by atoms with van der Waals surface area (Å²) in [6, 6.07) is 12.1. The largest absolute Gasteiger partial charge is 0.506 e. The number of benzene rings is 2. The fraction of sp³-hybridized carbons (Fsp3) is 0.435. The molecule has 0 bridgehead atoms. The fourth-order valence-corrected chi connectivity index (χ4v) is 5.84. The predicted molar refractivity (Wildman–Crippen MR) is 120 cm³/mol. The summed E-state index contributed by atoms with van der Waals surface area (Å²) >= 11 is 0. The molecule has 1 N–H and O–H groups in total. The molecular weight excluding hydrogens is 414 g/mol. The summed E-state index contributed by atoms with van der Waals surface area (Å²) in [5.74, 6) is 0.0823. The van der Waals surface area contributed by atoms with Gasteiger partial charge in [0.2, 0.25) is 10.0 Å². The molecule has 2 aromatic rings. The molecule has 1 amide bonds. The molecule has 2 aliphatic rings. The van der Waals surface area contributed by atoms with Gasteiger partial charge in [0.05, 0.1) is 10.6 Å². The van der Waals surface area contributed by atoms with E-state index in [9.17, 15) is 18.3 Å². The first-order chi connectivity index (χ1) is 14.9. The normalized spacial score (nSPS) is 18.2. The van der Waals surface area contributed by atoms with Gasteiger partial charge in [0.25, 0.3) is 5.91 Å². The van der Waals surface area contributed by atoms with E-state index in [1.165, 1.54) is 10.4 Å². The van der Waals surface area contributed by atoms with E-state index in [-0.39, 0.29) is 16.6 Å². The number of piperazine rings is 1. The number of anilines is 1. The zero-order valence-electron chi connectivity index (χ0n) is 17.8. The molecule has 2 fully saturated rings. The Balaban J connectivity index is 1.50. The van der Waals surface area contributed by atoms with Crippen LogP contribution >= 0.6 is 0 Å². The molecule has 2 saturated heterocycles. The average Bonchev–Trinajstić information content (AvgIpc) is 2.80. The maximum Gasteiger partial charge on any atom is 0.254 e. The molecule has 0 saturated carbocycles. The number of phenols is 1. The van der Waals surface area contributed by atoms with Crippen molar-refractivity contribution in [2.75, 3.05) is 44.2 Å². The molecule has 8 heteroatoms. The van der Waals surface area contributed by atoms with Gasteiger partial charge in [0.15, 0.2) is 0 Å². The van der Waals surface area contributed by atoms with Crippen LogP contribution < -0.4 is 4.90 Å². The first kappa shape index (κ1) is 21.6. The zero-order valence-corrected chi connectivity index (χ0v) is 18.6. The Hall–Kier alpha value is -2.58. The highest BCUT2D eigenvalue weighted by atomic mass is 32.2. The van der Waals surface area contributed by atoms with Crippen LogP contribution in [0.25, 0.3) is 0 Å². The molecule has 2 heterocycles. The number of sulfonamides is 1. The lowest BCUT2D eigenvalue weighted by atomic mass is 10.1. The number of aromatic hydroxyl groups is 1. The van der Waals surface area contributed by atoms with Crippen LogP contribution in [0.5, 0.6) is 5.75 Å². The molecule has 0 radical (unpaired) electrons. The molecule has 0 aromatic heterocycles. The van der Waals surface area contributed by atoms with Gasteiger partial charge in [-0.15, -0.1) is 0 Å². The fourth-order valence-electron chi connectivity index (χ4n) is 4.30. The first-order valence-corrected chi connectivity index (χ1v) is 12.2. The van der Waals surface area contributed by atoms with Gasteiger partial charge in [0.1, 0.15) is 5.75 Å². The van der Waals surface area contributed by atoms with Crippen molar-refractivity contribution >= 4 is 21.6 Å². The predicted octanol–water partition coefficient (Wildman–Crippen LogP) is 2.84. The van der Waals surface area contributed by atoms with Gasteiger partial charge in [-0.05, 0) is 49.6 Å². The summed E-state index contributed by atoms with van der Waals surface area (Å²) in [7, 11) is -3.59. The number of para-hydroxylation sites is 2. The molecule has 0 atom stereocenters. The Bertz CT molecular complexity index is 1060. The van der Waals surface area contributed by atoms with Gasteiger partial charge >= 0.3 is 0 Å². The summed E-state index contributed by atoms with van der Waals surface area (Å²) in [5, 5.41) is 10.1. The van der Waals surface area contributed by atoms with E-state index >= 15 is 0 Å². The minimum atomic E-state index is -3.59. The maximum atomic E-state index is 13.2. The monoisotopic (exact) mass is 443 g/mol. The molecule has 166 valence electrons. The van der Waals surface area contributed by atoms with Crippen molar-refractivity contribution in [3.8, 4) is 5.75 Å². The third-order valence-electron chi connectivity index (χ3n) is 6.18. The first-order valence-electron chi connectivity index (χ1n) is 10.8. The number of phenolic OH excluding ortho intramolecular Hbond substituents is 1. The van der Waals surface area contributed by atoms with Gasteiger partial charge in [0, 0.05) is 44.8 Å². The van der Waals surface area contributed by atoms with Crippen LogP contribution in [0.3, 0.4) is 0 Å². The van der Waals surface area contributed by atoms with E-state index in [0.717, 1.165) is 30.5 Å². The Morgan fingerprint density at radius 2 is 1.58 bits per heavy atom. The topological polar surface area (TPSA) is 81.2 Å². The Labute approximate surface area is 183 Å². The van der Waals surface area contributed by atoms with Crippen LogP contribution in [0, 0.1) is 6.92 Å². The van der Waals surface area contributed by atoms with Crippen LogP contribution in [0.4, 0.5) is 5.69 Å². The van der Waals surface area contributed by atoms with Gasteiger partial charge in [-0.25, -0.2) is 8.42 Å². The number of nitrogens with zero attached hydrogens (tertiary/aromatic N) is 3. The van der Waals surface area contributed by atoms with E-state index in [4.69, 9.17) is 0 Å². The number of carbonyl (C=O) groups excluding carboxylic acids is 1. The average molecular weight is 444 g/mol. The highest BCUT2D eigenvalue weighted by Gasteiger charge is 2.29. The van der Waals surface area contributed by atoms with Gasteiger partial charge in [-0.3, -0.25) is 4.79 Å². The number of rotatable bonds is 4. The Morgan fingerprint density at radius 3 is 2.26 bits per heavy atom. The second-order valence-electron chi connectivity index (χ2n) is 8.21. The Kier molecular flexibility index (Phi) is 6.20. The van der Waals surface area contributed by atoms with Gasteiger partial charge in [-0.1, -0.05) is 24.6 Å². The van der Waals surface area contributed by atoms with Crippen LogP contribution in [0.1, 0.15) is 35.2 Å². The molecule has 0 unspecified atom stereocenters. The molecule has 7 nitrogen and oxygen atoms in total. The van der Waals surface area contributed by atoms with E-state index < -0.39 is 10.0 Å². The van der Waals surface area contributed by atoms with Crippen LogP contribution in [-0.2, 0) is 10.0 Å². The Morgan fingerprint density at radius 1 is 0.903 bits per heavy atom. The summed E-state index contributed by atoms with van der Waals surface area (Å²) in [4.78, 5) is 17.2. The molecule has 31 heavy (non-hydrogen) atoms. The second-order valence-corrected chi connectivity index (χ2v) is 10.1. The summed E-state index contributed by atoms with van der Waals surface area (Å²) in [6.07, 6.45) is 2.80. The molecular formula is C23H29N3O4S. The zero-order chi connectivity index (χ0) is 22.0. The lowest BCUT2D eigenvalue weighted by Gasteiger charge is -2.36. The molecule has 0 aliphatic carbocycles. The van der Waals surface area contributed by atoms with Gasteiger partial charge < -0.3 is 14.9 Å². The number of aryl methyl sites for hydroxylation is 1. The minimum Gasteiger partial charge on any atom is -0.506 e. The van der Waals surface area contributed by atoms with Crippen LogP contribution in [-0.4, -0.2) is 67.9 Å². The van der Waals surface area contributed by atoms with E-state index in [1.807, 2.05) is 19.1 Å². The highest BCUT2D eigenvalue weighted by Crippen LogP contribution is 2.28. The minimum absolute atomic E-state index is 0.148. The number of hydrogen-bond donors (Lipinski definition) is 1. The van der Waals surface area contributed by atoms with E-state index in [1.54, 1.807) is 29.2 Å². The second kappa shape index (κ2) is 8.88. The standard InChI is InChI=1S/C23H29N3O4S/c1-18-9-10-19(31(29,30)26-11-5-2-6-12-26)17-20(18)23(28)25-15-13-24(14-16-25)21-7-3-4-8-22(21)27/h3-4,7-10,17,27H,2,5-6,11-16H2,1H3. The van der Waals surface area contributed by atoms with Crippen molar-refractivity contribution in [2.45, 2.75) is 31.1 Å². The highest BCUT2D eigenvalue weighted by molar-refractivity contribution is 7.89. The van der Waals surface area contributed by atoms with Crippen molar-refractivity contribution in [2.24, 2.45) is 0 Å². The van der Waals surface area contributed by atoms with Crippen molar-refractivity contribution in [3.05, 3.63) is 53.6 Å². The quantitative estimate of drug-likeness (QED) is 0.786.